The minimum absolute atomic E-state index is 0.647. The largest absolute Gasteiger partial charge is 0.400 e. The van der Waals surface area contributed by atoms with Crippen molar-refractivity contribution in [2.24, 2.45) is 0 Å². The van der Waals surface area contributed by atoms with Crippen LogP contribution in [0.2, 0.25) is 0 Å². The van der Waals surface area contributed by atoms with E-state index in [1.807, 2.05) is 34.5 Å². The van der Waals surface area contributed by atoms with Gasteiger partial charge in [0.25, 0.3) is 0 Å². The number of carbonyl (C=O) groups excluding carboxylic acids is 1. The zero-order valence-corrected chi connectivity index (χ0v) is 21.6. The summed E-state index contributed by atoms with van der Waals surface area (Å²) < 4.78 is 0. The quantitative estimate of drug-likeness (QED) is 0.477. The summed E-state index contributed by atoms with van der Waals surface area (Å²) in [6, 6.07) is 16.0. The minimum atomic E-state index is 0.647. The van der Waals surface area contributed by atoms with Crippen molar-refractivity contribution in [1.29, 1.82) is 0 Å². The molecule has 2 aromatic rings. The lowest BCUT2D eigenvalue weighted by atomic mass is 10.1. The van der Waals surface area contributed by atoms with Crippen LogP contribution >= 0.6 is 0 Å². The summed E-state index contributed by atoms with van der Waals surface area (Å²) in [4.78, 5) is 10.4. The van der Waals surface area contributed by atoms with Crippen LogP contribution < -0.4 is 5.32 Å². The van der Waals surface area contributed by atoms with Gasteiger partial charge in [-0.05, 0) is 55.9 Å². The van der Waals surface area contributed by atoms with Crippen LogP contribution in [0.1, 0.15) is 59.4 Å². The zero-order valence-electron chi connectivity index (χ0n) is 21.6. The first-order valence-corrected chi connectivity index (χ1v) is 11.3. The fourth-order valence-corrected chi connectivity index (χ4v) is 2.89. The van der Waals surface area contributed by atoms with Crippen LogP contribution in [-0.2, 0) is 11.3 Å². The molecule has 0 aliphatic carbocycles. The minimum Gasteiger partial charge on any atom is -0.400 e. The number of carbonyl (C=O) groups is 1. The van der Waals surface area contributed by atoms with Gasteiger partial charge in [0.1, 0.15) is 6.79 Å². The molecule has 1 atom stereocenters. The van der Waals surface area contributed by atoms with Gasteiger partial charge in [0.2, 0.25) is 0 Å². The topological polar surface area (TPSA) is 52.6 Å². The maximum atomic E-state index is 8.00. The molecule has 0 saturated heterocycles. The number of nitrogens with one attached hydrogen (secondary N) is 1. The number of nitrogens with zero attached hydrogens (tertiary/aromatic N) is 1. The first kappa shape index (κ1) is 36.4. The number of aliphatic hydroxyl groups is 1. The first-order chi connectivity index (χ1) is 15.2. The lowest BCUT2D eigenvalue weighted by Gasteiger charge is -2.21. The van der Waals surface area contributed by atoms with Crippen molar-refractivity contribution in [2.45, 2.75) is 66.5 Å². The van der Waals surface area contributed by atoms with Gasteiger partial charge < -0.3 is 20.1 Å². The number of rotatable bonds is 8. The predicted molar refractivity (Wildman–Crippen MR) is 142 cm³/mol. The van der Waals surface area contributed by atoms with Gasteiger partial charge >= 0.3 is 0 Å². The summed E-state index contributed by atoms with van der Waals surface area (Å²) >= 11 is 0. The predicted octanol–water partition coefficient (Wildman–Crippen LogP) is 6.33. The molecule has 2 aromatic carbocycles. The summed E-state index contributed by atoms with van der Waals surface area (Å²) in [7, 11) is 5.29. The summed E-state index contributed by atoms with van der Waals surface area (Å²) in [6.07, 6.45) is 3.73. The Hall–Kier alpha value is -2.01. The van der Waals surface area contributed by atoms with Crippen LogP contribution in [0, 0.1) is 0 Å². The molecule has 0 aliphatic rings. The molecule has 0 aromatic heterocycles. The molecule has 0 radical (unpaired) electrons. The number of fused-ring (bicyclic) bond motifs is 1. The highest BCUT2D eigenvalue weighted by Gasteiger charge is 2.07. The van der Waals surface area contributed by atoms with Gasteiger partial charge in [-0.15, -0.1) is 13.2 Å². The Balaban J connectivity index is -0.000000320. The van der Waals surface area contributed by atoms with Crippen LogP contribution in [0.25, 0.3) is 10.8 Å². The fraction of sp³-hybridized carbons (Fsp3) is 0.519. The highest BCUT2D eigenvalue weighted by molar-refractivity contribution is 5.82. The number of hydrogen-bond acceptors (Lipinski definition) is 4. The van der Waals surface area contributed by atoms with Crippen LogP contribution in [0.3, 0.4) is 0 Å². The Morgan fingerprint density at radius 2 is 1.45 bits per heavy atom. The average Bonchev–Trinajstić information content (AvgIpc) is 2.88. The van der Waals surface area contributed by atoms with Crippen LogP contribution in [-0.4, -0.2) is 50.6 Å². The average molecular weight is 435 g/mol. The molecule has 2 rings (SSSR count). The van der Waals surface area contributed by atoms with E-state index >= 15 is 0 Å². The lowest BCUT2D eigenvalue weighted by Crippen LogP contribution is -2.30. The lowest BCUT2D eigenvalue weighted by molar-refractivity contribution is -0.0979. The maximum absolute atomic E-state index is 8.00. The van der Waals surface area contributed by atoms with Crippen molar-refractivity contribution < 1.29 is 9.90 Å². The van der Waals surface area contributed by atoms with E-state index in [0.29, 0.717) is 6.04 Å². The standard InChI is InChI=1S/C19H28N2.2C2H6.C2H4.CH4O.CH2O/c1-4-7-19(20-2)12-13-21(3)15-16-10-11-17-8-5-6-9-18(17)14-16;5*1-2/h5-6,8-11,14,19-20H,4,7,12-13,15H2,1-3H3;2*1-2H3;1-2H2;2H,1H3;1H2. The maximum Gasteiger partial charge on any atom is 0.106 e. The Morgan fingerprint density at radius 3 is 1.94 bits per heavy atom. The summed E-state index contributed by atoms with van der Waals surface area (Å²) in [5.74, 6) is 0. The van der Waals surface area contributed by atoms with E-state index < -0.39 is 0 Å². The molecule has 0 bridgehead atoms. The van der Waals surface area contributed by atoms with Gasteiger partial charge in [-0.25, -0.2) is 0 Å². The van der Waals surface area contributed by atoms with E-state index in [0.717, 1.165) is 20.2 Å². The van der Waals surface area contributed by atoms with Crippen molar-refractivity contribution in [3.63, 3.8) is 0 Å². The molecule has 0 aliphatic heterocycles. The second kappa shape index (κ2) is 30.2. The van der Waals surface area contributed by atoms with Gasteiger partial charge in [-0.1, -0.05) is 77.4 Å². The molecule has 0 fully saturated rings. The van der Waals surface area contributed by atoms with E-state index in [2.05, 4.69) is 86.9 Å². The SMILES string of the molecule is C=C.C=O.CC.CC.CCCC(CCN(C)Cc1ccc2ccccc2c1)NC.CO. The van der Waals surface area contributed by atoms with Crippen LogP contribution in [0.4, 0.5) is 0 Å². The fourth-order valence-electron chi connectivity index (χ4n) is 2.89. The Morgan fingerprint density at radius 1 is 0.935 bits per heavy atom. The van der Waals surface area contributed by atoms with E-state index in [1.54, 1.807) is 0 Å². The smallest absolute Gasteiger partial charge is 0.106 e. The molecular formula is C27H50N2O2. The third-order valence-electron chi connectivity index (χ3n) is 4.17. The highest BCUT2D eigenvalue weighted by Crippen LogP contribution is 2.16. The van der Waals surface area contributed by atoms with Gasteiger partial charge in [0.15, 0.2) is 0 Å². The molecule has 0 saturated carbocycles. The summed E-state index contributed by atoms with van der Waals surface area (Å²) in [5, 5.41) is 13.1. The van der Waals surface area contributed by atoms with Gasteiger partial charge in [0, 0.05) is 19.7 Å². The Bertz CT molecular complexity index is 588. The zero-order chi connectivity index (χ0) is 25.1. The van der Waals surface area contributed by atoms with E-state index in [4.69, 9.17) is 9.90 Å². The molecule has 0 amide bonds. The van der Waals surface area contributed by atoms with Gasteiger partial charge in [-0.2, -0.15) is 0 Å². The molecule has 4 heteroatoms. The second-order valence-electron chi connectivity index (χ2n) is 5.98. The van der Waals surface area contributed by atoms with Crippen molar-refractivity contribution in [3.8, 4) is 0 Å². The molecule has 1 unspecified atom stereocenters. The number of hydrogen-bond donors (Lipinski definition) is 2. The molecule has 0 spiro atoms. The van der Waals surface area contributed by atoms with Crippen molar-refractivity contribution in [3.05, 3.63) is 61.2 Å². The molecule has 180 valence electrons. The van der Waals surface area contributed by atoms with Crippen LogP contribution in [0.15, 0.2) is 55.6 Å². The molecule has 4 nitrogen and oxygen atoms in total. The van der Waals surface area contributed by atoms with E-state index in [-0.39, 0.29) is 0 Å². The Labute approximate surface area is 193 Å². The second-order valence-corrected chi connectivity index (χ2v) is 5.98. The molecular weight excluding hydrogens is 384 g/mol. The van der Waals surface area contributed by atoms with Crippen LogP contribution in [0.5, 0.6) is 0 Å². The number of aliphatic hydroxyl groups excluding tert-OH is 1. The molecule has 31 heavy (non-hydrogen) atoms. The van der Waals surface area contributed by atoms with Crippen molar-refractivity contribution in [2.75, 3.05) is 27.7 Å². The highest BCUT2D eigenvalue weighted by atomic mass is 16.2. The van der Waals surface area contributed by atoms with Crippen molar-refractivity contribution in [1.82, 2.24) is 10.2 Å². The number of benzene rings is 2. The third-order valence-corrected chi connectivity index (χ3v) is 4.17. The monoisotopic (exact) mass is 434 g/mol. The molecule has 2 N–H and O–H groups in total. The molecule has 0 heterocycles. The van der Waals surface area contributed by atoms with Crippen molar-refractivity contribution >= 4 is 17.6 Å². The van der Waals surface area contributed by atoms with Gasteiger partial charge in [0.05, 0.1) is 0 Å². The third kappa shape index (κ3) is 18.5. The first-order valence-electron chi connectivity index (χ1n) is 11.3. The normalized spacial score (nSPS) is 9.61. The Kier molecular flexibility index (Phi) is 35.4. The summed E-state index contributed by atoms with van der Waals surface area (Å²) in [6.45, 7) is 20.4. The summed E-state index contributed by atoms with van der Waals surface area (Å²) in [5.41, 5.74) is 1.40. The van der Waals surface area contributed by atoms with E-state index in [1.165, 1.54) is 35.6 Å². The van der Waals surface area contributed by atoms with E-state index in [9.17, 15) is 0 Å². The van der Waals surface area contributed by atoms with Gasteiger partial charge in [-0.3, -0.25) is 0 Å².